The van der Waals surface area contributed by atoms with E-state index < -0.39 is 11.9 Å². The van der Waals surface area contributed by atoms with Gasteiger partial charge in [-0.05, 0) is 42.1 Å². The average molecular weight is 383 g/mol. The van der Waals surface area contributed by atoms with Gasteiger partial charge in [0.25, 0.3) is 0 Å². The number of Topliss-reactive ketones (excluding diaryl/α,β-unsaturated/α-hetero) is 1. The fourth-order valence-corrected chi connectivity index (χ4v) is 2.90. The van der Waals surface area contributed by atoms with E-state index in [0.717, 1.165) is 23.1 Å². The molecule has 0 atom stereocenters. The molecule has 0 heterocycles. The van der Waals surface area contributed by atoms with E-state index in [1.165, 1.54) is 0 Å². The number of carbonyl (C=O) groups is 3. The van der Waals surface area contributed by atoms with E-state index in [2.05, 4.69) is 5.32 Å². The minimum absolute atomic E-state index is 0.0425. The Kier molecular flexibility index (Phi) is 8.37. The minimum Gasteiger partial charge on any atom is -0.481 e. The fraction of sp³-hybridized carbons (Fsp3) is 0.318. The highest BCUT2D eigenvalue weighted by atomic mass is 16.4. The third kappa shape index (κ3) is 6.96. The lowest BCUT2D eigenvalue weighted by atomic mass is 9.95. The Hall–Kier alpha value is -2.99. The standard InChI is InChI=1S/C22H25NO5/c24-20(11-12-22(27)28)19-14-17(16-6-2-1-3-7-16)9-10-18(19)15-23-13-5-4-8-21(25)26/h1-3,6-7,9-10,14,23H,4-5,8,11-13,15H2,(H,25,26)(H,27,28). The molecule has 2 aromatic carbocycles. The first kappa shape index (κ1) is 21.3. The third-order valence-corrected chi connectivity index (χ3v) is 4.39. The molecule has 0 bridgehead atoms. The maximum atomic E-state index is 12.6. The number of carboxylic acids is 2. The summed E-state index contributed by atoms with van der Waals surface area (Å²) in [5.74, 6) is -1.99. The number of aliphatic carboxylic acids is 2. The second kappa shape index (κ2) is 11.0. The smallest absolute Gasteiger partial charge is 0.303 e. The van der Waals surface area contributed by atoms with E-state index in [9.17, 15) is 14.4 Å². The van der Waals surface area contributed by atoms with Gasteiger partial charge in [-0.3, -0.25) is 14.4 Å². The van der Waals surface area contributed by atoms with Crippen LogP contribution in [-0.4, -0.2) is 34.5 Å². The molecule has 0 aromatic heterocycles. The zero-order valence-corrected chi connectivity index (χ0v) is 15.7. The summed E-state index contributed by atoms with van der Waals surface area (Å²) in [4.78, 5) is 34.0. The Bertz CT molecular complexity index is 817. The van der Waals surface area contributed by atoms with Gasteiger partial charge in [-0.2, -0.15) is 0 Å². The SMILES string of the molecule is O=C(O)CCCCNCc1ccc(-c2ccccc2)cc1C(=O)CCC(=O)O. The van der Waals surface area contributed by atoms with E-state index in [4.69, 9.17) is 10.2 Å². The zero-order chi connectivity index (χ0) is 20.4. The molecule has 0 amide bonds. The van der Waals surface area contributed by atoms with Crippen LogP contribution in [0.15, 0.2) is 48.5 Å². The maximum Gasteiger partial charge on any atom is 0.303 e. The van der Waals surface area contributed by atoms with Crippen molar-refractivity contribution in [2.24, 2.45) is 0 Å². The molecular formula is C22H25NO5. The molecule has 0 saturated carbocycles. The van der Waals surface area contributed by atoms with Gasteiger partial charge in [0, 0.05) is 24.9 Å². The number of hydrogen-bond acceptors (Lipinski definition) is 4. The molecule has 0 spiro atoms. The Labute approximate surface area is 164 Å². The first-order valence-electron chi connectivity index (χ1n) is 9.33. The van der Waals surface area contributed by atoms with Gasteiger partial charge in [0.05, 0.1) is 6.42 Å². The minimum atomic E-state index is -0.995. The lowest BCUT2D eigenvalue weighted by Crippen LogP contribution is -2.17. The number of nitrogens with one attached hydrogen (secondary N) is 1. The number of hydrogen-bond donors (Lipinski definition) is 3. The van der Waals surface area contributed by atoms with Crippen molar-refractivity contribution >= 4 is 17.7 Å². The number of benzene rings is 2. The lowest BCUT2D eigenvalue weighted by molar-refractivity contribution is -0.138. The molecule has 28 heavy (non-hydrogen) atoms. The van der Waals surface area contributed by atoms with Gasteiger partial charge in [-0.25, -0.2) is 0 Å². The quantitative estimate of drug-likeness (QED) is 0.381. The summed E-state index contributed by atoms with van der Waals surface area (Å²) in [5.41, 5.74) is 3.24. The summed E-state index contributed by atoms with van der Waals surface area (Å²) < 4.78 is 0. The number of carbonyl (C=O) groups excluding carboxylic acids is 1. The first-order valence-corrected chi connectivity index (χ1v) is 9.33. The van der Waals surface area contributed by atoms with Gasteiger partial charge in [-0.1, -0.05) is 42.5 Å². The Morgan fingerprint density at radius 3 is 2.18 bits per heavy atom. The van der Waals surface area contributed by atoms with Gasteiger partial charge < -0.3 is 15.5 Å². The molecule has 0 saturated heterocycles. The number of ketones is 1. The van der Waals surface area contributed by atoms with Crippen LogP contribution >= 0.6 is 0 Å². The highest BCUT2D eigenvalue weighted by Gasteiger charge is 2.14. The second-order valence-corrected chi connectivity index (χ2v) is 6.58. The van der Waals surface area contributed by atoms with Crippen LogP contribution in [0.3, 0.4) is 0 Å². The Morgan fingerprint density at radius 2 is 1.50 bits per heavy atom. The summed E-state index contributed by atoms with van der Waals surface area (Å²) in [6, 6.07) is 15.3. The van der Waals surface area contributed by atoms with E-state index in [0.29, 0.717) is 25.1 Å². The largest absolute Gasteiger partial charge is 0.481 e. The highest BCUT2D eigenvalue weighted by molar-refractivity contribution is 5.99. The van der Waals surface area contributed by atoms with Crippen LogP contribution in [0.4, 0.5) is 0 Å². The van der Waals surface area contributed by atoms with Gasteiger partial charge in [0.15, 0.2) is 5.78 Å². The molecule has 0 unspecified atom stereocenters. The fourth-order valence-electron chi connectivity index (χ4n) is 2.90. The highest BCUT2D eigenvalue weighted by Crippen LogP contribution is 2.24. The van der Waals surface area contributed by atoms with Gasteiger partial charge in [0.1, 0.15) is 0 Å². The van der Waals surface area contributed by atoms with Crippen molar-refractivity contribution in [1.29, 1.82) is 0 Å². The van der Waals surface area contributed by atoms with Crippen LogP contribution in [0.25, 0.3) is 11.1 Å². The predicted octanol–water partition coefficient (Wildman–Crippen LogP) is 3.75. The van der Waals surface area contributed by atoms with Crippen LogP contribution in [0.1, 0.15) is 48.0 Å². The van der Waals surface area contributed by atoms with Crippen LogP contribution in [0.2, 0.25) is 0 Å². The third-order valence-electron chi connectivity index (χ3n) is 4.39. The van der Waals surface area contributed by atoms with Crippen LogP contribution in [0.5, 0.6) is 0 Å². The van der Waals surface area contributed by atoms with Crippen molar-refractivity contribution in [2.45, 2.75) is 38.6 Å². The summed E-state index contributed by atoms with van der Waals surface area (Å²) in [5, 5.41) is 20.8. The van der Waals surface area contributed by atoms with E-state index >= 15 is 0 Å². The molecule has 148 valence electrons. The molecule has 0 aliphatic heterocycles. The lowest BCUT2D eigenvalue weighted by Gasteiger charge is -2.12. The molecule has 0 fully saturated rings. The van der Waals surface area contributed by atoms with Gasteiger partial charge in [0.2, 0.25) is 0 Å². The first-order chi connectivity index (χ1) is 13.5. The number of rotatable bonds is 12. The summed E-state index contributed by atoms with van der Waals surface area (Å²) in [6.45, 7) is 1.12. The Morgan fingerprint density at radius 1 is 0.786 bits per heavy atom. The molecule has 0 aliphatic rings. The summed E-state index contributed by atoms with van der Waals surface area (Å²) in [7, 11) is 0. The van der Waals surface area contributed by atoms with Crippen LogP contribution in [-0.2, 0) is 16.1 Å². The van der Waals surface area contributed by atoms with Crippen molar-refractivity contribution in [2.75, 3.05) is 6.54 Å². The van der Waals surface area contributed by atoms with E-state index in [1.807, 2.05) is 48.5 Å². The normalized spacial score (nSPS) is 10.6. The summed E-state index contributed by atoms with van der Waals surface area (Å²) >= 11 is 0. The van der Waals surface area contributed by atoms with Crippen molar-refractivity contribution in [3.05, 3.63) is 59.7 Å². The van der Waals surface area contributed by atoms with E-state index in [1.54, 1.807) is 0 Å². The molecule has 6 nitrogen and oxygen atoms in total. The van der Waals surface area contributed by atoms with Crippen molar-refractivity contribution < 1.29 is 24.6 Å². The predicted molar refractivity (Wildman–Crippen MR) is 106 cm³/mol. The molecule has 2 aromatic rings. The molecule has 3 N–H and O–H groups in total. The van der Waals surface area contributed by atoms with Gasteiger partial charge in [-0.15, -0.1) is 0 Å². The molecule has 0 aliphatic carbocycles. The molecular weight excluding hydrogens is 358 g/mol. The summed E-state index contributed by atoms with van der Waals surface area (Å²) in [6.07, 6.45) is 1.23. The van der Waals surface area contributed by atoms with Crippen molar-refractivity contribution in [3.63, 3.8) is 0 Å². The van der Waals surface area contributed by atoms with Crippen LogP contribution in [0, 0.1) is 0 Å². The topological polar surface area (TPSA) is 104 Å². The zero-order valence-electron chi connectivity index (χ0n) is 15.7. The number of unbranched alkanes of at least 4 members (excludes halogenated alkanes) is 1. The molecule has 0 radical (unpaired) electrons. The average Bonchev–Trinajstić information content (AvgIpc) is 2.69. The van der Waals surface area contributed by atoms with Gasteiger partial charge >= 0.3 is 11.9 Å². The van der Waals surface area contributed by atoms with E-state index in [-0.39, 0.29) is 25.0 Å². The van der Waals surface area contributed by atoms with Crippen LogP contribution < -0.4 is 5.32 Å². The van der Waals surface area contributed by atoms with Crippen molar-refractivity contribution in [3.8, 4) is 11.1 Å². The molecule has 2 rings (SSSR count). The van der Waals surface area contributed by atoms with Crippen molar-refractivity contribution in [1.82, 2.24) is 5.32 Å². The number of carboxylic acid groups (broad SMARTS) is 2. The monoisotopic (exact) mass is 383 g/mol. The second-order valence-electron chi connectivity index (χ2n) is 6.58. The Balaban J connectivity index is 2.10. The molecule has 6 heteroatoms. The maximum absolute atomic E-state index is 12.6.